The maximum Gasteiger partial charge on any atom is 0.312 e. The van der Waals surface area contributed by atoms with Gasteiger partial charge in [0.1, 0.15) is 23.6 Å². The molecular formula is C13H9F5N4O3. The number of benzene rings is 1. The second-order valence-corrected chi connectivity index (χ2v) is 4.93. The van der Waals surface area contributed by atoms with Gasteiger partial charge in [-0.3, -0.25) is 19.6 Å². The number of aromatic nitrogens is 2. The summed E-state index contributed by atoms with van der Waals surface area (Å²) in [5, 5.41) is 16.1. The Labute approximate surface area is 136 Å². The molecule has 0 radical (unpaired) electrons. The number of nitro groups is 1. The number of aryl methyl sites for hydroxylation is 1. The molecule has 0 saturated heterocycles. The van der Waals surface area contributed by atoms with Crippen molar-refractivity contribution >= 4 is 17.3 Å². The van der Waals surface area contributed by atoms with Crippen molar-refractivity contribution < 1.29 is 31.7 Å². The summed E-state index contributed by atoms with van der Waals surface area (Å²) in [6, 6.07) is 0. The zero-order chi connectivity index (χ0) is 19.0. The average molecular weight is 364 g/mol. The van der Waals surface area contributed by atoms with Crippen molar-refractivity contribution in [3.05, 3.63) is 50.6 Å². The maximum absolute atomic E-state index is 13.5. The van der Waals surface area contributed by atoms with Crippen molar-refractivity contribution in [3.8, 4) is 0 Å². The van der Waals surface area contributed by atoms with Crippen LogP contribution in [-0.4, -0.2) is 20.6 Å². The predicted octanol–water partition coefficient (Wildman–Crippen LogP) is 2.74. The number of hydrogen-bond donors (Lipinski definition) is 1. The molecule has 0 unspecified atom stereocenters. The van der Waals surface area contributed by atoms with Crippen LogP contribution in [0.2, 0.25) is 0 Å². The molecule has 1 heterocycles. The number of nitrogens with zero attached hydrogens (tertiary/aromatic N) is 3. The zero-order valence-electron chi connectivity index (χ0n) is 12.7. The average Bonchev–Trinajstić information content (AvgIpc) is 2.81. The number of amides is 1. The smallest absolute Gasteiger partial charge is 0.312 e. The fourth-order valence-corrected chi connectivity index (χ4v) is 2.14. The molecule has 1 aromatic carbocycles. The third kappa shape index (κ3) is 3.14. The van der Waals surface area contributed by atoms with Crippen LogP contribution in [0.15, 0.2) is 0 Å². The largest absolute Gasteiger partial charge is 0.319 e. The molecule has 7 nitrogen and oxygen atoms in total. The summed E-state index contributed by atoms with van der Waals surface area (Å²) >= 11 is 0. The van der Waals surface area contributed by atoms with E-state index in [4.69, 9.17) is 0 Å². The molecule has 0 bridgehead atoms. The molecule has 12 heteroatoms. The van der Waals surface area contributed by atoms with Gasteiger partial charge in [-0.2, -0.15) is 5.10 Å². The van der Waals surface area contributed by atoms with Crippen molar-refractivity contribution in [2.75, 3.05) is 5.32 Å². The van der Waals surface area contributed by atoms with E-state index in [1.54, 1.807) is 5.32 Å². The Bertz CT molecular complexity index is 868. The van der Waals surface area contributed by atoms with E-state index < -0.39 is 52.1 Å². The summed E-state index contributed by atoms with van der Waals surface area (Å²) in [6.45, 7) is 1.85. The summed E-state index contributed by atoms with van der Waals surface area (Å²) in [5.41, 5.74) is -1.90. The molecule has 0 aliphatic heterocycles. The molecule has 1 amide bonds. The van der Waals surface area contributed by atoms with Crippen molar-refractivity contribution in [2.45, 2.75) is 20.4 Å². The van der Waals surface area contributed by atoms with E-state index in [1.807, 2.05) is 0 Å². The fraction of sp³-hybridized carbons (Fsp3) is 0.231. The summed E-state index contributed by atoms with van der Waals surface area (Å²) in [5.74, 6) is -12.4. The quantitative estimate of drug-likeness (QED) is 0.297. The summed E-state index contributed by atoms with van der Waals surface area (Å²) in [7, 11) is 0. The number of carbonyl (C=O) groups is 1. The summed E-state index contributed by atoms with van der Waals surface area (Å²) in [4.78, 5) is 22.0. The first-order valence-electron chi connectivity index (χ1n) is 6.55. The molecule has 0 aliphatic carbocycles. The number of carbonyl (C=O) groups excluding carboxylic acids is 1. The van der Waals surface area contributed by atoms with Crippen molar-refractivity contribution in [1.82, 2.24) is 9.78 Å². The van der Waals surface area contributed by atoms with E-state index in [0.29, 0.717) is 0 Å². The lowest BCUT2D eigenvalue weighted by Crippen LogP contribution is -2.22. The van der Waals surface area contributed by atoms with E-state index in [2.05, 4.69) is 5.10 Å². The molecule has 25 heavy (non-hydrogen) atoms. The lowest BCUT2D eigenvalue weighted by molar-refractivity contribution is -0.386. The molecule has 0 atom stereocenters. The molecule has 2 aromatic rings. The summed E-state index contributed by atoms with van der Waals surface area (Å²) in [6.07, 6.45) is 0. The lowest BCUT2D eigenvalue weighted by atomic mass is 10.2. The van der Waals surface area contributed by atoms with Crippen molar-refractivity contribution in [1.29, 1.82) is 0 Å². The lowest BCUT2D eigenvalue weighted by Gasteiger charge is -2.10. The second-order valence-electron chi connectivity index (χ2n) is 4.93. The van der Waals surface area contributed by atoms with Crippen molar-refractivity contribution in [3.63, 3.8) is 0 Å². The van der Waals surface area contributed by atoms with Crippen LogP contribution in [0.3, 0.4) is 0 Å². The minimum Gasteiger partial charge on any atom is -0.319 e. The van der Waals surface area contributed by atoms with Crippen LogP contribution in [0.4, 0.5) is 33.3 Å². The molecule has 1 aromatic heterocycles. The first-order valence-corrected chi connectivity index (χ1v) is 6.55. The Hall–Kier alpha value is -3.05. The molecule has 2 rings (SSSR count). The van der Waals surface area contributed by atoms with Gasteiger partial charge < -0.3 is 5.32 Å². The van der Waals surface area contributed by atoms with Crippen LogP contribution in [0, 0.1) is 53.0 Å². The molecular weight excluding hydrogens is 355 g/mol. The van der Waals surface area contributed by atoms with Gasteiger partial charge in [-0.25, -0.2) is 22.0 Å². The zero-order valence-corrected chi connectivity index (χ0v) is 12.7. The van der Waals surface area contributed by atoms with Crippen molar-refractivity contribution in [2.24, 2.45) is 0 Å². The predicted molar refractivity (Wildman–Crippen MR) is 73.2 cm³/mol. The Balaban J connectivity index is 2.31. The van der Waals surface area contributed by atoms with E-state index in [-0.39, 0.29) is 17.1 Å². The van der Waals surface area contributed by atoms with Crippen LogP contribution < -0.4 is 5.32 Å². The molecule has 0 spiro atoms. The summed E-state index contributed by atoms with van der Waals surface area (Å²) < 4.78 is 67.0. The van der Waals surface area contributed by atoms with Gasteiger partial charge in [0.05, 0.1) is 4.92 Å². The normalized spacial score (nSPS) is 10.8. The Morgan fingerprint density at radius 3 is 2.00 bits per heavy atom. The van der Waals surface area contributed by atoms with E-state index in [9.17, 15) is 36.9 Å². The van der Waals surface area contributed by atoms with Gasteiger partial charge in [0.25, 0.3) is 0 Å². The monoisotopic (exact) mass is 364 g/mol. The second kappa shape index (κ2) is 6.45. The van der Waals surface area contributed by atoms with Gasteiger partial charge in [0, 0.05) is 0 Å². The number of anilines is 1. The highest BCUT2D eigenvalue weighted by Gasteiger charge is 2.28. The highest BCUT2D eigenvalue weighted by atomic mass is 19.2. The van der Waals surface area contributed by atoms with Gasteiger partial charge in [-0.1, -0.05) is 0 Å². The van der Waals surface area contributed by atoms with Crippen LogP contribution in [0.5, 0.6) is 0 Å². The SMILES string of the molecule is Cc1nn(CC(=O)Nc2c(F)c(F)c(F)c(F)c2F)c(C)c1[N+](=O)[O-]. The first-order chi connectivity index (χ1) is 11.6. The van der Waals surface area contributed by atoms with Gasteiger partial charge in [-0.15, -0.1) is 0 Å². The standard InChI is InChI=1S/C13H9F5N4O3/c1-4-13(22(24)25)5(2)21(20-4)3-6(23)19-12-10(17)8(15)7(14)9(16)11(12)18/h3H2,1-2H3,(H,19,23). The van der Waals surface area contributed by atoms with E-state index >= 15 is 0 Å². The Morgan fingerprint density at radius 2 is 1.56 bits per heavy atom. The van der Waals surface area contributed by atoms with E-state index in [1.165, 1.54) is 13.8 Å². The van der Waals surface area contributed by atoms with Crippen LogP contribution >= 0.6 is 0 Å². The Morgan fingerprint density at radius 1 is 1.08 bits per heavy atom. The first kappa shape index (κ1) is 18.3. The van der Waals surface area contributed by atoms with Crippen LogP contribution in [0.25, 0.3) is 0 Å². The topological polar surface area (TPSA) is 90.1 Å². The third-order valence-corrected chi connectivity index (χ3v) is 3.29. The highest BCUT2D eigenvalue weighted by Crippen LogP contribution is 2.27. The van der Waals surface area contributed by atoms with Crippen LogP contribution in [-0.2, 0) is 11.3 Å². The van der Waals surface area contributed by atoms with Crippen LogP contribution in [0.1, 0.15) is 11.4 Å². The minimum absolute atomic E-state index is 0.00784. The van der Waals surface area contributed by atoms with E-state index in [0.717, 1.165) is 4.68 Å². The minimum atomic E-state index is -2.36. The molecule has 0 fully saturated rings. The maximum atomic E-state index is 13.5. The fourth-order valence-electron chi connectivity index (χ4n) is 2.14. The van der Waals surface area contributed by atoms with Gasteiger partial charge in [-0.05, 0) is 13.8 Å². The van der Waals surface area contributed by atoms with Gasteiger partial charge in [0.15, 0.2) is 23.3 Å². The molecule has 0 saturated carbocycles. The number of rotatable bonds is 4. The van der Waals surface area contributed by atoms with Gasteiger partial charge >= 0.3 is 5.69 Å². The molecule has 1 N–H and O–H groups in total. The van der Waals surface area contributed by atoms with Gasteiger partial charge in [0.2, 0.25) is 11.7 Å². The number of halogens is 5. The Kier molecular flexibility index (Phi) is 4.72. The molecule has 0 aliphatic rings. The number of hydrogen-bond acceptors (Lipinski definition) is 4. The number of nitrogens with one attached hydrogen (secondary N) is 1. The highest BCUT2D eigenvalue weighted by molar-refractivity contribution is 5.90. The molecule has 134 valence electrons. The third-order valence-electron chi connectivity index (χ3n) is 3.29.